The summed E-state index contributed by atoms with van der Waals surface area (Å²) < 4.78 is 9.65. The van der Waals surface area contributed by atoms with Crippen LogP contribution in [-0.2, 0) is 10.8 Å². The van der Waals surface area contributed by atoms with E-state index >= 15 is 0 Å². The second-order valence-electron chi connectivity index (χ2n) is 16.9. The molecule has 7 aromatic carbocycles. The standard InChI is InChI=1S/C49H37BN2OS/c1-48(2,3)28-21-23-29(24-22-28)52-44-33(26-25-32-30-13-6-10-19-40(30)53-46(32)44)42-43-39(27-34-31-14-7-11-20-41(31)54-47(34)42)51-38-18-9-8-15-35(38)49(4,5)36-16-12-17-37(45(36)51)50(43)52/h6-27H,1-5H3. The molecule has 2 aromatic heterocycles. The van der Waals surface area contributed by atoms with E-state index in [2.05, 4.69) is 178 Å². The summed E-state index contributed by atoms with van der Waals surface area (Å²) in [6.45, 7) is 11.6. The van der Waals surface area contributed by atoms with Crippen LogP contribution in [0.2, 0.25) is 0 Å². The molecule has 5 heterocycles. The number of fused-ring (bicyclic) bond motifs is 14. The normalized spacial score (nSPS) is 15.2. The van der Waals surface area contributed by atoms with Crippen LogP contribution in [0, 0.1) is 0 Å². The second-order valence-corrected chi connectivity index (χ2v) is 17.9. The van der Waals surface area contributed by atoms with Crippen molar-refractivity contribution in [2.45, 2.75) is 45.4 Å². The van der Waals surface area contributed by atoms with Crippen molar-refractivity contribution in [2.75, 3.05) is 9.71 Å². The molecular formula is C49H37BN2OS. The molecule has 0 bridgehead atoms. The minimum atomic E-state index is -0.185. The molecule has 0 fully saturated rings. The molecule has 0 N–H and O–H groups in total. The second kappa shape index (κ2) is 10.2. The number of hydrogen-bond donors (Lipinski definition) is 0. The quantitative estimate of drug-likeness (QED) is 0.158. The summed E-state index contributed by atoms with van der Waals surface area (Å²) in [6.07, 6.45) is 0. The molecule has 3 aliphatic rings. The van der Waals surface area contributed by atoms with E-state index in [4.69, 9.17) is 4.42 Å². The maximum Gasteiger partial charge on any atom is 0.333 e. The number of anilines is 5. The molecule has 0 atom stereocenters. The Morgan fingerprint density at radius 2 is 1.39 bits per heavy atom. The number of para-hydroxylation sites is 3. The van der Waals surface area contributed by atoms with Crippen molar-refractivity contribution in [1.82, 2.24) is 0 Å². The van der Waals surface area contributed by atoms with Crippen LogP contribution in [0.15, 0.2) is 138 Å². The number of benzene rings is 7. The van der Waals surface area contributed by atoms with E-state index in [1.54, 1.807) is 0 Å². The lowest BCUT2D eigenvalue weighted by Gasteiger charge is -2.50. The van der Waals surface area contributed by atoms with Crippen molar-refractivity contribution in [3.05, 3.63) is 150 Å². The van der Waals surface area contributed by atoms with Crippen molar-refractivity contribution < 1.29 is 4.42 Å². The van der Waals surface area contributed by atoms with Crippen LogP contribution in [0.3, 0.4) is 0 Å². The lowest BCUT2D eigenvalue weighted by molar-refractivity contribution is 0.590. The van der Waals surface area contributed by atoms with Crippen LogP contribution in [0.1, 0.15) is 51.3 Å². The molecule has 0 unspecified atom stereocenters. The monoisotopic (exact) mass is 712 g/mol. The van der Waals surface area contributed by atoms with Gasteiger partial charge in [-0.3, -0.25) is 0 Å². The maximum atomic E-state index is 7.00. The van der Waals surface area contributed by atoms with Crippen LogP contribution in [0.5, 0.6) is 0 Å². The summed E-state index contributed by atoms with van der Waals surface area (Å²) in [5.74, 6) is 0. The van der Waals surface area contributed by atoms with Crippen molar-refractivity contribution in [3.63, 3.8) is 0 Å². The lowest BCUT2D eigenvalue weighted by Crippen LogP contribution is -2.62. The van der Waals surface area contributed by atoms with E-state index < -0.39 is 0 Å². The Morgan fingerprint density at radius 1 is 0.648 bits per heavy atom. The molecule has 54 heavy (non-hydrogen) atoms. The third-order valence-corrected chi connectivity index (χ3v) is 13.8. The molecule has 0 saturated heterocycles. The van der Waals surface area contributed by atoms with Gasteiger partial charge in [0.05, 0.1) is 11.4 Å². The van der Waals surface area contributed by atoms with Gasteiger partial charge in [0.2, 0.25) is 0 Å². The summed E-state index contributed by atoms with van der Waals surface area (Å²) in [7, 11) is 0. The molecular weight excluding hydrogens is 675 g/mol. The molecule has 3 nitrogen and oxygen atoms in total. The first kappa shape index (κ1) is 30.7. The predicted octanol–water partition coefficient (Wildman–Crippen LogP) is 12.6. The molecule has 0 aliphatic carbocycles. The predicted molar refractivity (Wildman–Crippen MR) is 231 cm³/mol. The van der Waals surface area contributed by atoms with Gasteiger partial charge in [0.1, 0.15) is 5.58 Å². The highest BCUT2D eigenvalue weighted by atomic mass is 32.1. The van der Waals surface area contributed by atoms with Gasteiger partial charge in [-0.1, -0.05) is 126 Å². The summed E-state index contributed by atoms with van der Waals surface area (Å²) in [5, 5.41) is 4.92. The average Bonchev–Trinajstić information content (AvgIpc) is 3.75. The van der Waals surface area contributed by atoms with Crippen molar-refractivity contribution in [1.29, 1.82) is 0 Å². The number of thiophene rings is 1. The third kappa shape index (κ3) is 3.78. The molecule has 12 rings (SSSR count). The zero-order valence-electron chi connectivity index (χ0n) is 31.0. The van der Waals surface area contributed by atoms with Gasteiger partial charge in [-0.15, -0.1) is 11.3 Å². The number of hydrogen-bond acceptors (Lipinski definition) is 4. The van der Waals surface area contributed by atoms with Crippen LogP contribution < -0.4 is 20.6 Å². The zero-order chi connectivity index (χ0) is 36.2. The minimum Gasteiger partial charge on any atom is -0.454 e. The number of rotatable bonds is 1. The highest BCUT2D eigenvalue weighted by Gasteiger charge is 2.50. The molecule has 0 radical (unpaired) electrons. The highest BCUT2D eigenvalue weighted by Crippen LogP contribution is 2.57. The molecule has 3 aliphatic heterocycles. The Hall–Kier alpha value is -5.78. The van der Waals surface area contributed by atoms with E-state index in [-0.39, 0.29) is 17.7 Å². The summed E-state index contributed by atoms with van der Waals surface area (Å²) in [4.78, 5) is 5.23. The fourth-order valence-corrected chi connectivity index (χ4v) is 11.3. The van der Waals surface area contributed by atoms with Gasteiger partial charge in [-0.05, 0) is 75.5 Å². The van der Waals surface area contributed by atoms with Crippen molar-refractivity contribution in [2.24, 2.45) is 0 Å². The molecule has 0 spiro atoms. The third-order valence-electron chi connectivity index (χ3n) is 12.6. The average molecular weight is 713 g/mol. The Labute approximate surface area is 319 Å². The zero-order valence-corrected chi connectivity index (χ0v) is 31.8. The van der Waals surface area contributed by atoms with E-state index in [1.165, 1.54) is 76.0 Å². The SMILES string of the molecule is CC(C)(C)c1ccc(N2B3c4cccc5c4N(c4ccccc4C5(C)C)c4cc5c(sc6ccccc65)c(c43)-c3ccc4c(oc5ccccc54)c32)cc1. The Morgan fingerprint density at radius 3 is 2.22 bits per heavy atom. The molecule has 258 valence electrons. The van der Waals surface area contributed by atoms with Crippen LogP contribution >= 0.6 is 11.3 Å². The summed E-state index contributed by atoms with van der Waals surface area (Å²) >= 11 is 1.92. The Kier molecular flexibility index (Phi) is 5.82. The van der Waals surface area contributed by atoms with Gasteiger partial charge in [-0.25, -0.2) is 0 Å². The number of nitrogens with zero attached hydrogens (tertiary/aromatic N) is 2. The van der Waals surface area contributed by atoms with E-state index in [0.717, 1.165) is 33.3 Å². The topological polar surface area (TPSA) is 19.6 Å². The van der Waals surface area contributed by atoms with Gasteiger partial charge in [-0.2, -0.15) is 0 Å². The van der Waals surface area contributed by atoms with E-state index in [1.807, 2.05) is 11.3 Å². The summed E-state index contributed by atoms with van der Waals surface area (Å²) in [5.41, 5.74) is 17.1. The molecule has 5 heteroatoms. The Balaban J connectivity index is 1.30. The number of furan rings is 1. The molecule has 0 saturated carbocycles. The van der Waals surface area contributed by atoms with Crippen LogP contribution in [0.25, 0.3) is 53.2 Å². The first-order chi connectivity index (χ1) is 26.2. The minimum absolute atomic E-state index is 0.0414. The van der Waals surface area contributed by atoms with Crippen molar-refractivity contribution in [3.8, 4) is 11.1 Å². The molecule has 9 aromatic rings. The van der Waals surface area contributed by atoms with Gasteiger partial charge < -0.3 is 14.1 Å². The van der Waals surface area contributed by atoms with Crippen LogP contribution in [-0.4, -0.2) is 6.85 Å². The largest absolute Gasteiger partial charge is 0.454 e. The fraction of sp³-hybridized carbons (Fsp3) is 0.143. The highest BCUT2D eigenvalue weighted by molar-refractivity contribution is 7.26. The van der Waals surface area contributed by atoms with Crippen LogP contribution in [0.4, 0.5) is 28.4 Å². The van der Waals surface area contributed by atoms with Crippen molar-refractivity contribution >= 4 is 99.7 Å². The van der Waals surface area contributed by atoms with Gasteiger partial charge in [0.15, 0.2) is 5.58 Å². The smallest absolute Gasteiger partial charge is 0.333 e. The van der Waals surface area contributed by atoms with Gasteiger partial charge >= 0.3 is 6.85 Å². The fourth-order valence-electron chi connectivity index (χ4n) is 10.0. The first-order valence-corrected chi connectivity index (χ1v) is 19.9. The molecule has 0 amide bonds. The van der Waals surface area contributed by atoms with Gasteiger partial charge in [0, 0.05) is 64.5 Å². The Bertz CT molecular complexity index is 3090. The lowest BCUT2D eigenvalue weighted by atomic mass is 9.42. The van der Waals surface area contributed by atoms with Gasteiger partial charge in [0.25, 0.3) is 0 Å². The maximum absolute atomic E-state index is 7.00. The van der Waals surface area contributed by atoms with E-state index in [9.17, 15) is 0 Å². The van der Waals surface area contributed by atoms with E-state index in [0.29, 0.717) is 0 Å². The first-order valence-electron chi connectivity index (χ1n) is 19.1. The summed E-state index contributed by atoms with van der Waals surface area (Å²) in [6, 6.07) is 50.1.